The van der Waals surface area contributed by atoms with Crippen LogP contribution >= 0.6 is 0 Å². The second-order valence-electron chi connectivity index (χ2n) is 4.49. The van der Waals surface area contributed by atoms with Crippen molar-refractivity contribution in [2.24, 2.45) is 5.73 Å². The van der Waals surface area contributed by atoms with Crippen molar-refractivity contribution in [3.05, 3.63) is 0 Å². The first-order chi connectivity index (χ1) is 6.74. The standard InChI is InChI=1S/C11H25N3/c1-10(8-12)13-9-11(2)14-6-4-3-5-7-14/h10-11,13H,3-9,12H2,1-2H3. The van der Waals surface area contributed by atoms with E-state index in [1.54, 1.807) is 0 Å². The molecule has 0 aromatic heterocycles. The molecule has 3 nitrogen and oxygen atoms in total. The van der Waals surface area contributed by atoms with Crippen LogP contribution < -0.4 is 11.1 Å². The molecule has 2 atom stereocenters. The molecule has 84 valence electrons. The van der Waals surface area contributed by atoms with Crippen LogP contribution in [0.3, 0.4) is 0 Å². The fourth-order valence-corrected chi connectivity index (χ4v) is 1.94. The van der Waals surface area contributed by atoms with Crippen molar-refractivity contribution in [1.29, 1.82) is 0 Å². The first kappa shape index (κ1) is 12.0. The minimum atomic E-state index is 0.447. The zero-order valence-corrected chi connectivity index (χ0v) is 9.63. The highest BCUT2D eigenvalue weighted by Gasteiger charge is 2.16. The summed E-state index contributed by atoms with van der Waals surface area (Å²) >= 11 is 0. The number of nitrogens with one attached hydrogen (secondary N) is 1. The maximum absolute atomic E-state index is 5.56. The Hall–Kier alpha value is -0.120. The molecular weight excluding hydrogens is 174 g/mol. The van der Waals surface area contributed by atoms with Gasteiger partial charge in [0.05, 0.1) is 0 Å². The Labute approximate surface area is 88.0 Å². The van der Waals surface area contributed by atoms with E-state index in [2.05, 4.69) is 24.1 Å². The SMILES string of the molecule is CC(CN)NCC(C)N1CCCCC1. The summed E-state index contributed by atoms with van der Waals surface area (Å²) in [5.41, 5.74) is 5.56. The molecule has 0 spiro atoms. The lowest BCUT2D eigenvalue weighted by atomic mass is 10.1. The Morgan fingerprint density at radius 2 is 1.86 bits per heavy atom. The van der Waals surface area contributed by atoms with E-state index in [0.29, 0.717) is 12.1 Å². The van der Waals surface area contributed by atoms with Gasteiger partial charge in [0, 0.05) is 25.2 Å². The summed E-state index contributed by atoms with van der Waals surface area (Å²) in [7, 11) is 0. The van der Waals surface area contributed by atoms with Crippen molar-refractivity contribution >= 4 is 0 Å². The third-order valence-electron chi connectivity index (χ3n) is 3.13. The Balaban J connectivity index is 2.16. The van der Waals surface area contributed by atoms with Crippen LogP contribution in [0.1, 0.15) is 33.1 Å². The lowest BCUT2D eigenvalue weighted by molar-refractivity contribution is 0.169. The number of hydrogen-bond acceptors (Lipinski definition) is 3. The van der Waals surface area contributed by atoms with Crippen molar-refractivity contribution in [2.75, 3.05) is 26.2 Å². The average molecular weight is 199 g/mol. The van der Waals surface area contributed by atoms with Gasteiger partial charge in [0.15, 0.2) is 0 Å². The van der Waals surface area contributed by atoms with Crippen LogP contribution in [0, 0.1) is 0 Å². The fourth-order valence-electron chi connectivity index (χ4n) is 1.94. The molecule has 3 heteroatoms. The second-order valence-corrected chi connectivity index (χ2v) is 4.49. The maximum Gasteiger partial charge on any atom is 0.0192 e. The minimum Gasteiger partial charge on any atom is -0.329 e. The van der Waals surface area contributed by atoms with Crippen LogP contribution in [-0.2, 0) is 0 Å². The van der Waals surface area contributed by atoms with E-state index in [1.165, 1.54) is 32.4 Å². The molecule has 2 unspecified atom stereocenters. The largest absolute Gasteiger partial charge is 0.329 e. The van der Waals surface area contributed by atoms with Gasteiger partial charge in [-0.25, -0.2) is 0 Å². The van der Waals surface area contributed by atoms with Crippen LogP contribution in [0.2, 0.25) is 0 Å². The van der Waals surface area contributed by atoms with E-state index in [-0.39, 0.29) is 0 Å². The summed E-state index contributed by atoms with van der Waals surface area (Å²) < 4.78 is 0. The van der Waals surface area contributed by atoms with Crippen molar-refractivity contribution in [3.8, 4) is 0 Å². The van der Waals surface area contributed by atoms with Crippen LogP contribution in [0.4, 0.5) is 0 Å². The van der Waals surface area contributed by atoms with Crippen LogP contribution in [0.5, 0.6) is 0 Å². The molecule has 14 heavy (non-hydrogen) atoms. The highest BCUT2D eigenvalue weighted by molar-refractivity contribution is 4.74. The molecule has 3 N–H and O–H groups in total. The van der Waals surface area contributed by atoms with E-state index >= 15 is 0 Å². The van der Waals surface area contributed by atoms with E-state index in [4.69, 9.17) is 5.73 Å². The molecule has 1 heterocycles. The molecule has 0 bridgehead atoms. The lowest BCUT2D eigenvalue weighted by Crippen LogP contribution is -2.46. The van der Waals surface area contributed by atoms with Gasteiger partial charge in [-0.15, -0.1) is 0 Å². The number of rotatable bonds is 5. The predicted molar refractivity (Wildman–Crippen MR) is 61.4 cm³/mol. The Kier molecular flexibility index (Phi) is 5.45. The van der Waals surface area contributed by atoms with Crippen LogP contribution in [0.25, 0.3) is 0 Å². The number of piperidine rings is 1. The van der Waals surface area contributed by atoms with Gasteiger partial charge in [-0.2, -0.15) is 0 Å². The van der Waals surface area contributed by atoms with Crippen molar-refractivity contribution in [2.45, 2.75) is 45.2 Å². The second kappa shape index (κ2) is 6.38. The molecule has 0 saturated carbocycles. The first-order valence-electron chi connectivity index (χ1n) is 5.91. The van der Waals surface area contributed by atoms with Crippen molar-refractivity contribution in [3.63, 3.8) is 0 Å². The summed E-state index contributed by atoms with van der Waals surface area (Å²) in [4.78, 5) is 2.58. The molecule has 0 aromatic carbocycles. The third kappa shape index (κ3) is 3.95. The Morgan fingerprint density at radius 1 is 1.21 bits per heavy atom. The first-order valence-corrected chi connectivity index (χ1v) is 5.91. The summed E-state index contributed by atoms with van der Waals surface area (Å²) in [5.74, 6) is 0. The van der Waals surface area contributed by atoms with Crippen molar-refractivity contribution < 1.29 is 0 Å². The molecular formula is C11H25N3. The number of nitrogens with zero attached hydrogens (tertiary/aromatic N) is 1. The summed E-state index contributed by atoms with van der Waals surface area (Å²) in [6.07, 6.45) is 4.16. The fraction of sp³-hybridized carbons (Fsp3) is 1.00. The molecule has 1 saturated heterocycles. The smallest absolute Gasteiger partial charge is 0.0192 e. The van der Waals surface area contributed by atoms with Crippen molar-refractivity contribution in [1.82, 2.24) is 10.2 Å². The van der Waals surface area contributed by atoms with E-state index in [0.717, 1.165) is 13.1 Å². The van der Waals surface area contributed by atoms with Gasteiger partial charge in [0.1, 0.15) is 0 Å². The highest BCUT2D eigenvalue weighted by Crippen LogP contribution is 2.11. The monoisotopic (exact) mass is 199 g/mol. The molecule has 0 aromatic rings. The lowest BCUT2D eigenvalue weighted by Gasteiger charge is -2.33. The average Bonchev–Trinajstić information content (AvgIpc) is 2.26. The number of nitrogens with two attached hydrogens (primary N) is 1. The third-order valence-corrected chi connectivity index (χ3v) is 3.13. The maximum atomic E-state index is 5.56. The summed E-state index contributed by atoms with van der Waals surface area (Å²) in [6.45, 7) is 8.80. The van der Waals surface area contributed by atoms with Crippen LogP contribution in [0.15, 0.2) is 0 Å². The van der Waals surface area contributed by atoms with Gasteiger partial charge in [-0.05, 0) is 39.8 Å². The minimum absolute atomic E-state index is 0.447. The summed E-state index contributed by atoms with van der Waals surface area (Å²) in [6, 6.07) is 1.10. The molecule has 0 amide bonds. The molecule has 1 rings (SSSR count). The van der Waals surface area contributed by atoms with E-state index in [9.17, 15) is 0 Å². The molecule has 1 fully saturated rings. The number of hydrogen-bond donors (Lipinski definition) is 2. The zero-order valence-electron chi connectivity index (χ0n) is 9.63. The molecule has 0 radical (unpaired) electrons. The molecule has 0 aliphatic carbocycles. The highest BCUT2D eigenvalue weighted by atomic mass is 15.2. The van der Waals surface area contributed by atoms with Gasteiger partial charge >= 0.3 is 0 Å². The van der Waals surface area contributed by atoms with E-state index in [1.807, 2.05) is 0 Å². The van der Waals surface area contributed by atoms with Crippen LogP contribution in [-0.4, -0.2) is 43.2 Å². The Morgan fingerprint density at radius 3 is 2.43 bits per heavy atom. The molecule has 1 aliphatic heterocycles. The summed E-state index contributed by atoms with van der Waals surface area (Å²) in [5, 5.41) is 3.46. The normalized spacial score (nSPS) is 23.4. The quantitative estimate of drug-likeness (QED) is 0.688. The van der Waals surface area contributed by atoms with Gasteiger partial charge in [0.25, 0.3) is 0 Å². The topological polar surface area (TPSA) is 41.3 Å². The Bertz CT molecular complexity index is 143. The van der Waals surface area contributed by atoms with Gasteiger partial charge < -0.3 is 11.1 Å². The number of likely N-dealkylation sites (tertiary alicyclic amines) is 1. The van der Waals surface area contributed by atoms with Gasteiger partial charge in [-0.3, -0.25) is 4.90 Å². The predicted octanol–water partition coefficient (Wildman–Crippen LogP) is 0.798. The van der Waals surface area contributed by atoms with E-state index < -0.39 is 0 Å². The molecule has 1 aliphatic rings. The van der Waals surface area contributed by atoms with Gasteiger partial charge in [-0.1, -0.05) is 6.42 Å². The van der Waals surface area contributed by atoms with Gasteiger partial charge in [0.2, 0.25) is 0 Å². The zero-order chi connectivity index (χ0) is 10.4.